The summed E-state index contributed by atoms with van der Waals surface area (Å²) in [6, 6.07) is 18.2. The van der Waals surface area contributed by atoms with E-state index < -0.39 is 0 Å². The van der Waals surface area contributed by atoms with E-state index in [1.165, 1.54) is 0 Å². The fourth-order valence-electron chi connectivity index (χ4n) is 2.77. The number of carbonyl (C=O) groups is 1. The topological polar surface area (TPSA) is 69.7 Å². The Morgan fingerprint density at radius 1 is 1.04 bits per heavy atom. The molecule has 1 aromatic heterocycles. The standard InChI is InChI=1S/C22H18N2O4/c1-26-17-8-10-18(11-9-17)28-22-19(6-4-12-23-22)24-21(25)16-13-15-5-2-3-7-20(15)27-14-16/h2-13H,14H2,1H3,(H,24,25). The highest BCUT2D eigenvalue weighted by Crippen LogP contribution is 2.30. The molecule has 1 aliphatic rings. The summed E-state index contributed by atoms with van der Waals surface area (Å²) in [5, 5.41) is 2.85. The van der Waals surface area contributed by atoms with Crippen LogP contribution in [0.4, 0.5) is 5.69 Å². The fourth-order valence-corrected chi connectivity index (χ4v) is 2.77. The summed E-state index contributed by atoms with van der Waals surface area (Å²) < 4.78 is 16.6. The molecule has 0 aliphatic carbocycles. The van der Waals surface area contributed by atoms with Crippen molar-refractivity contribution in [3.63, 3.8) is 0 Å². The third-order valence-corrected chi connectivity index (χ3v) is 4.22. The van der Waals surface area contributed by atoms with Crippen LogP contribution in [0, 0.1) is 0 Å². The van der Waals surface area contributed by atoms with Crippen LogP contribution in [0.5, 0.6) is 23.1 Å². The maximum atomic E-state index is 12.7. The van der Waals surface area contributed by atoms with Gasteiger partial charge in [-0.15, -0.1) is 0 Å². The second-order valence-corrected chi connectivity index (χ2v) is 6.08. The highest BCUT2D eigenvalue weighted by molar-refractivity contribution is 6.08. The second-order valence-electron chi connectivity index (χ2n) is 6.08. The molecule has 4 rings (SSSR count). The molecule has 6 heteroatoms. The SMILES string of the molecule is COc1ccc(Oc2ncccc2NC(=O)C2=Cc3ccccc3OC2)cc1. The number of rotatable bonds is 5. The quantitative estimate of drug-likeness (QED) is 0.721. The molecule has 2 heterocycles. The number of fused-ring (bicyclic) bond motifs is 1. The van der Waals surface area contributed by atoms with Crippen molar-refractivity contribution in [1.82, 2.24) is 4.98 Å². The number of nitrogens with one attached hydrogen (secondary N) is 1. The Morgan fingerprint density at radius 3 is 2.64 bits per heavy atom. The predicted octanol–water partition coefficient (Wildman–Crippen LogP) is 4.30. The zero-order valence-corrected chi connectivity index (χ0v) is 15.2. The van der Waals surface area contributed by atoms with Crippen molar-refractivity contribution in [2.24, 2.45) is 0 Å². The van der Waals surface area contributed by atoms with Gasteiger partial charge in [0.2, 0.25) is 5.88 Å². The Balaban J connectivity index is 1.52. The van der Waals surface area contributed by atoms with Crippen LogP contribution in [-0.4, -0.2) is 24.6 Å². The van der Waals surface area contributed by atoms with Crippen LogP contribution in [-0.2, 0) is 4.79 Å². The molecule has 1 aliphatic heterocycles. The maximum Gasteiger partial charge on any atom is 0.255 e. The summed E-state index contributed by atoms with van der Waals surface area (Å²) in [5.74, 6) is 2.13. The lowest BCUT2D eigenvalue weighted by molar-refractivity contribution is -0.113. The van der Waals surface area contributed by atoms with Crippen molar-refractivity contribution >= 4 is 17.7 Å². The zero-order valence-electron chi connectivity index (χ0n) is 15.2. The van der Waals surface area contributed by atoms with Crippen molar-refractivity contribution in [3.05, 3.63) is 78.0 Å². The Bertz CT molecular complexity index is 1030. The largest absolute Gasteiger partial charge is 0.497 e. The first-order valence-corrected chi connectivity index (χ1v) is 8.73. The van der Waals surface area contributed by atoms with E-state index in [4.69, 9.17) is 14.2 Å². The number of benzene rings is 2. The molecule has 0 bridgehead atoms. The third kappa shape index (κ3) is 3.81. The van der Waals surface area contributed by atoms with Crippen LogP contribution in [0.1, 0.15) is 5.56 Å². The number of para-hydroxylation sites is 1. The van der Waals surface area contributed by atoms with Gasteiger partial charge in [0.1, 0.15) is 29.5 Å². The van der Waals surface area contributed by atoms with Gasteiger partial charge in [-0.05, 0) is 48.5 Å². The van der Waals surface area contributed by atoms with E-state index in [-0.39, 0.29) is 12.5 Å². The molecule has 28 heavy (non-hydrogen) atoms. The van der Waals surface area contributed by atoms with Crippen molar-refractivity contribution in [3.8, 4) is 23.1 Å². The van der Waals surface area contributed by atoms with Crippen LogP contribution in [0.2, 0.25) is 0 Å². The van der Waals surface area contributed by atoms with E-state index in [0.29, 0.717) is 22.9 Å². The minimum absolute atomic E-state index is 0.206. The van der Waals surface area contributed by atoms with Crippen LogP contribution in [0.3, 0.4) is 0 Å². The molecule has 1 N–H and O–H groups in total. The van der Waals surface area contributed by atoms with Gasteiger partial charge in [-0.3, -0.25) is 4.79 Å². The van der Waals surface area contributed by atoms with E-state index in [0.717, 1.165) is 17.1 Å². The molecule has 0 fully saturated rings. The summed E-state index contributed by atoms with van der Waals surface area (Å²) in [6.45, 7) is 0.206. The number of hydrogen-bond donors (Lipinski definition) is 1. The number of carbonyl (C=O) groups excluding carboxylic acids is 1. The Kier molecular flexibility index (Phi) is 4.93. The number of anilines is 1. The van der Waals surface area contributed by atoms with Gasteiger partial charge in [-0.1, -0.05) is 18.2 Å². The van der Waals surface area contributed by atoms with Gasteiger partial charge in [0, 0.05) is 11.8 Å². The van der Waals surface area contributed by atoms with E-state index in [1.807, 2.05) is 30.3 Å². The molecule has 0 saturated carbocycles. The molecule has 0 atom stereocenters. The molecular weight excluding hydrogens is 356 g/mol. The lowest BCUT2D eigenvalue weighted by atomic mass is 10.1. The molecule has 1 amide bonds. The smallest absolute Gasteiger partial charge is 0.255 e. The van der Waals surface area contributed by atoms with Crippen molar-refractivity contribution in [1.29, 1.82) is 0 Å². The van der Waals surface area contributed by atoms with Crippen LogP contribution in [0.25, 0.3) is 6.08 Å². The number of methoxy groups -OCH3 is 1. The summed E-state index contributed by atoms with van der Waals surface area (Å²) in [6.07, 6.45) is 3.43. The van der Waals surface area contributed by atoms with Gasteiger partial charge < -0.3 is 19.5 Å². The first-order chi connectivity index (χ1) is 13.7. The minimum Gasteiger partial charge on any atom is -0.497 e. The van der Waals surface area contributed by atoms with Gasteiger partial charge in [0.05, 0.1) is 12.7 Å². The Labute approximate surface area is 162 Å². The van der Waals surface area contributed by atoms with Gasteiger partial charge >= 0.3 is 0 Å². The van der Waals surface area contributed by atoms with Crippen molar-refractivity contribution < 1.29 is 19.0 Å². The molecule has 0 unspecified atom stereocenters. The van der Waals surface area contributed by atoms with E-state index >= 15 is 0 Å². The Morgan fingerprint density at radius 2 is 1.82 bits per heavy atom. The zero-order chi connectivity index (χ0) is 19.3. The normalized spacial score (nSPS) is 12.2. The van der Waals surface area contributed by atoms with Gasteiger partial charge in [-0.2, -0.15) is 0 Å². The summed E-state index contributed by atoms with van der Waals surface area (Å²) in [4.78, 5) is 16.9. The lowest BCUT2D eigenvalue weighted by Crippen LogP contribution is -2.21. The second kappa shape index (κ2) is 7.84. The fraction of sp³-hybridized carbons (Fsp3) is 0.0909. The number of aromatic nitrogens is 1. The monoisotopic (exact) mass is 374 g/mol. The minimum atomic E-state index is -0.262. The summed E-state index contributed by atoms with van der Waals surface area (Å²) in [7, 11) is 1.60. The first kappa shape index (κ1) is 17.6. The average molecular weight is 374 g/mol. The van der Waals surface area contributed by atoms with Gasteiger partial charge in [-0.25, -0.2) is 4.98 Å². The highest BCUT2D eigenvalue weighted by Gasteiger charge is 2.18. The molecule has 6 nitrogen and oxygen atoms in total. The Hall–Kier alpha value is -3.80. The summed E-state index contributed by atoms with van der Waals surface area (Å²) in [5.41, 5.74) is 1.88. The lowest BCUT2D eigenvalue weighted by Gasteiger charge is -2.18. The molecule has 0 saturated heterocycles. The molecule has 3 aromatic rings. The van der Waals surface area contributed by atoms with Crippen LogP contribution < -0.4 is 19.5 Å². The number of nitrogens with zero attached hydrogens (tertiary/aromatic N) is 1. The van der Waals surface area contributed by atoms with Crippen molar-refractivity contribution in [2.45, 2.75) is 0 Å². The molecule has 0 radical (unpaired) electrons. The van der Waals surface area contributed by atoms with E-state index in [1.54, 1.807) is 49.7 Å². The third-order valence-electron chi connectivity index (χ3n) is 4.22. The van der Waals surface area contributed by atoms with Crippen molar-refractivity contribution in [2.75, 3.05) is 19.0 Å². The first-order valence-electron chi connectivity index (χ1n) is 8.73. The molecule has 0 spiro atoms. The highest BCUT2D eigenvalue weighted by atomic mass is 16.5. The van der Waals surface area contributed by atoms with E-state index in [2.05, 4.69) is 10.3 Å². The average Bonchev–Trinajstić information content (AvgIpc) is 2.75. The summed E-state index contributed by atoms with van der Waals surface area (Å²) >= 11 is 0. The van der Waals surface area contributed by atoms with E-state index in [9.17, 15) is 4.79 Å². The number of pyridine rings is 1. The van der Waals surface area contributed by atoms with Gasteiger partial charge in [0.15, 0.2) is 0 Å². The molecular formula is C22H18N2O4. The predicted molar refractivity (Wildman–Crippen MR) is 106 cm³/mol. The number of ether oxygens (including phenoxy) is 3. The molecule has 140 valence electrons. The van der Waals surface area contributed by atoms with Gasteiger partial charge in [0.25, 0.3) is 5.91 Å². The number of amides is 1. The number of hydrogen-bond acceptors (Lipinski definition) is 5. The molecule has 2 aromatic carbocycles. The maximum absolute atomic E-state index is 12.7. The van der Waals surface area contributed by atoms with Crippen LogP contribution in [0.15, 0.2) is 72.4 Å². The van der Waals surface area contributed by atoms with Crippen LogP contribution >= 0.6 is 0 Å².